The van der Waals surface area contributed by atoms with Crippen molar-refractivity contribution >= 4 is 11.6 Å². The first-order valence-electron chi connectivity index (χ1n) is 9.35. The second-order valence-electron chi connectivity index (χ2n) is 7.12. The van der Waals surface area contributed by atoms with E-state index in [1.54, 1.807) is 7.05 Å². The van der Waals surface area contributed by atoms with Crippen LogP contribution < -0.4 is 15.5 Å². The molecule has 1 fully saturated rings. The van der Waals surface area contributed by atoms with Gasteiger partial charge in [-0.1, -0.05) is 37.2 Å². The molecule has 0 spiro atoms. The lowest BCUT2D eigenvalue weighted by atomic mass is 10.1. The molecule has 1 unspecified atom stereocenters. The third-order valence-electron chi connectivity index (χ3n) is 4.79. The zero-order chi connectivity index (χ0) is 18.4. The molecule has 2 N–H and O–H groups in total. The summed E-state index contributed by atoms with van der Waals surface area (Å²) in [6.07, 6.45) is 1.19. The van der Waals surface area contributed by atoms with Crippen LogP contribution in [0.15, 0.2) is 45.9 Å². The van der Waals surface area contributed by atoms with Crippen LogP contribution in [0.1, 0.15) is 37.6 Å². The van der Waals surface area contributed by atoms with Crippen molar-refractivity contribution in [3.63, 3.8) is 0 Å². The molecule has 6 heteroatoms. The average molecular weight is 355 g/mol. The number of anilines is 1. The Balaban J connectivity index is 1.43. The number of hydrogen-bond donors (Lipinski definition) is 2. The number of aliphatic imine (C=N–C) groups is 1. The van der Waals surface area contributed by atoms with Gasteiger partial charge in [-0.3, -0.25) is 4.99 Å². The van der Waals surface area contributed by atoms with Crippen molar-refractivity contribution in [3.05, 3.63) is 47.9 Å². The molecule has 1 atom stereocenters. The molecule has 1 aromatic carbocycles. The Hall–Kier alpha value is -2.50. The zero-order valence-corrected chi connectivity index (χ0v) is 15.9. The van der Waals surface area contributed by atoms with E-state index in [-0.39, 0.29) is 0 Å². The van der Waals surface area contributed by atoms with Crippen molar-refractivity contribution in [1.82, 2.24) is 15.8 Å². The van der Waals surface area contributed by atoms with Gasteiger partial charge in [0.05, 0.1) is 12.2 Å². The molecule has 2 aromatic rings. The van der Waals surface area contributed by atoms with Gasteiger partial charge in [-0.2, -0.15) is 0 Å². The molecule has 1 aliphatic heterocycles. The maximum atomic E-state index is 5.36. The van der Waals surface area contributed by atoms with Gasteiger partial charge >= 0.3 is 0 Å². The van der Waals surface area contributed by atoms with Gasteiger partial charge in [0.1, 0.15) is 0 Å². The maximum Gasteiger partial charge on any atom is 0.191 e. The number of nitrogens with one attached hydrogen (secondary N) is 2. The topological polar surface area (TPSA) is 65.7 Å². The second kappa shape index (κ2) is 8.74. The summed E-state index contributed by atoms with van der Waals surface area (Å²) in [6, 6.07) is 12.6. The molecule has 0 aliphatic carbocycles. The summed E-state index contributed by atoms with van der Waals surface area (Å²) >= 11 is 0. The molecular weight excluding hydrogens is 326 g/mol. The van der Waals surface area contributed by atoms with Crippen molar-refractivity contribution in [2.24, 2.45) is 10.9 Å². The van der Waals surface area contributed by atoms with E-state index < -0.39 is 0 Å². The van der Waals surface area contributed by atoms with Gasteiger partial charge in [0.2, 0.25) is 0 Å². The molecule has 26 heavy (non-hydrogen) atoms. The predicted octanol–water partition coefficient (Wildman–Crippen LogP) is 2.99. The quantitative estimate of drug-likeness (QED) is 0.616. The molecule has 0 saturated carbocycles. The largest absolute Gasteiger partial charge is 0.371 e. The lowest BCUT2D eigenvalue weighted by molar-refractivity contribution is 0.371. The van der Waals surface area contributed by atoms with E-state index in [2.05, 4.69) is 69.9 Å². The number of para-hydroxylation sites is 1. The normalized spacial score (nSPS) is 17.8. The van der Waals surface area contributed by atoms with Crippen LogP contribution >= 0.6 is 0 Å². The number of benzene rings is 1. The van der Waals surface area contributed by atoms with E-state index in [1.807, 2.05) is 6.07 Å². The lowest BCUT2D eigenvalue weighted by Gasteiger charge is -2.19. The van der Waals surface area contributed by atoms with Crippen molar-refractivity contribution in [1.29, 1.82) is 0 Å². The number of guanidine groups is 1. The standard InChI is InChI=1S/C20H29N5O/c1-15(2)19-11-18(26-24-19)13-23-20(21-3)22-12-16-9-10-25(14-16)17-7-5-4-6-8-17/h4-8,11,15-16H,9-10,12-14H2,1-3H3,(H2,21,22,23). The van der Waals surface area contributed by atoms with E-state index in [4.69, 9.17) is 4.52 Å². The van der Waals surface area contributed by atoms with Crippen LogP contribution in [0, 0.1) is 5.92 Å². The van der Waals surface area contributed by atoms with Crippen molar-refractivity contribution in [2.75, 3.05) is 31.6 Å². The Bertz CT molecular complexity index is 710. The van der Waals surface area contributed by atoms with Gasteiger partial charge in [-0.05, 0) is 30.4 Å². The fraction of sp³-hybridized carbons (Fsp3) is 0.500. The molecule has 1 aliphatic rings. The van der Waals surface area contributed by atoms with Crippen molar-refractivity contribution < 1.29 is 4.52 Å². The molecule has 0 radical (unpaired) electrons. The van der Waals surface area contributed by atoms with Crippen LogP contribution in [0.2, 0.25) is 0 Å². The summed E-state index contributed by atoms with van der Waals surface area (Å²) in [6.45, 7) is 7.90. The van der Waals surface area contributed by atoms with Crippen LogP contribution in [0.3, 0.4) is 0 Å². The summed E-state index contributed by atoms with van der Waals surface area (Å²) in [5, 5.41) is 10.8. The van der Waals surface area contributed by atoms with E-state index >= 15 is 0 Å². The Morgan fingerprint density at radius 1 is 1.31 bits per heavy atom. The number of rotatable bonds is 6. The lowest BCUT2D eigenvalue weighted by Crippen LogP contribution is -2.39. The molecule has 0 amide bonds. The Labute approximate surface area is 155 Å². The van der Waals surface area contributed by atoms with Crippen LogP contribution in [0.5, 0.6) is 0 Å². The summed E-state index contributed by atoms with van der Waals surface area (Å²) in [4.78, 5) is 6.75. The van der Waals surface area contributed by atoms with E-state index in [1.165, 1.54) is 12.1 Å². The minimum atomic E-state index is 0.375. The minimum absolute atomic E-state index is 0.375. The number of nitrogens with zero attached hydrogens (tertiary/aromatic N) is 3. The van der Waals surface area contributed by atoms with Crippen LogP contribution in [-0.4, -0.2) is 37.8 Å². The predicted molar refractivity (Wildman–Crippen MR) is 106 cm³/mol. The zero-order valence-electron chi connectivity index (χ0n) is 15.9. The highest BCUT2D eigenvalue weighted by Gasteiger charge is 2.22. The van der Waals surface area contributed by atoms with Gasteiger partial charge in [0.15, 0.2) is 11.7 Å². The monoisotopic (exact) mass is 355 g/mol. The molecule has 6 nitrogen and oxygen atoms in total. The minimum Gasteiger partial charge on any atom is -0.371 e. The first-order chi connectivity index (χ1) is 12.7. The summed E-state index contributed by atoms with van der Waals surface area (Å²) in [5.74, 6) is 2.62. The fourth-order valence-corrected chi connectivity index (χ4v) is 3.19. The smallest absolute Gasteiger partial charge is 0.191 e. The average Bonchev–Trinajstić information content (AvgIpc) is 3.32. The van der Waals surface area contributed by atoms with Crippen LogP contribution in [-0.2, 0) is 6.54 Å². The molecule has 140 valence electrons. The SMILES string of the molecule is CN=C(NCc1cc(C(C)C)no1)NCC1CCN(c2ccccc2)C1. The Morgan fingerprint density at radius 2 is 2.12 bits per heavy atom. The highest BCUT2D eigenvalue weighted by Crippen LogP contribution is 2.22. The van der Waals surface area contributed by atoms with Gasteiger partial charge < -0.3 is 20.1 Å². The van der Waals surface area contributed by atoms with Gasteiger partial charge in [0.25, 0.3) is 0 Å². The summed E-state index contributed by atoms with van der Waals surface area (Å²) in [5.41, 5.74) is 2.29. The summed E-state index contributed by atoms with van der Waals surface area (Å²) in [7, 11) is 1.79. The Kier molecular flexibility index (Phi) is 6.15. The van der Waals surface area contributed by atoms with Crippen molar-refractivity contribution in [2.45, 2.75) is 32.7 Å². The first-order valence-corrected chi connectivity index (χ1v) is 9.35. The van der Waals surface area contributed by atoms with E-state index in [0.29, 0.717) is 18.4 Å². The molecule has 2 heterocycles. The van der Waals surface area contributed by atoms with Crippen LogP contribution in [0.4, 0.5) is 5.69 Å². The van der Waals surface area contributed by atoms with E-state index in [9.17, 15) is 0 Å². The van der Waals surface area contributed by atoms with E-state index in [0.717, 1.165) is 37.0 Å². The summed E-state index contributed by atoms with van der Waals surface area (Å²) < 4.78 is 5.36. The maximum absolute atomic E-state index is 5.36. The number of hydrogen-bond acceptors (Lipinski definition) is 4. The molecule has 1 saturated heterocycles. The highest BCUT2D eigenvalue weighted by molar-refractivity contribution is 5.79. The molecule has 1 aromatic heterocycles. The van der Waals surface area contributed by atoms with Gasteiger partial charge in [0, 0.05) is 38.4 Å². The van der Waals surface area contributed by atoms with Crippen molar-refractivity contribution in [3.8, 4) is 0 Å². The highest BCUT2D eigenvalue weighted by atomic mass is 16.5. The van der Waals surface area contributed by atoms with Crippen LogP contribution in [0.25, 0.3) is 0 Å². The van der Waals surface area contributed by atoms with Gasteiger partial charge in [-0.25, -0.2) is 0 Å². The first kappa shape index (κ1) is 18.3. The third kappa shape index (κ3) is 4.77. The second-order valence-corrected chi connectivity index (χ2v) is 7.12. The molecule has 0 bridgehead atoms. The third-order valence-corrected chi connectivity index (χ3v) is 4.79. The number of aromatic nitrogens is 1. The molecule has 3 rings (SSSR count). The van der Waals surface area contributed by atoms with Gasteiger partial charge in [-0.15, -0.1) is 0 Å². The molecular formula is C20H29N5O. The Morgan fingerprint density at radius 3 is 2.81 bits per heavy atom. The fourth-order valence-electron chi connectivity index (χ4n) is 3.19.